The van der Waals surface area contributed by atoms with Crippen molar-refractivity contribution in [3.8, 4) is 22.4 Å². The minimum absolute atomic E-state index is 0.702. The van der Waals surface area contributed by atoms with Gasteiger partial charge in [0.1, 0.15) is 0 Å². The molecule has 0 atom stereocenters. The Bertz CT molecular complexity index is 997. The summed E-state index contributed by atoms with van der Waals surface area (Å²) in [5.74, 6) is 0.702. The molecule has 4 heteroatoms. The van der Waals surface area contributed by atoms with E-state index < -0.39 is 0 Å². The SMILES string of the molecule is Clc1ccc(-c2ccc(Nc3cccc(-c4ccccc4)c3)nn2)cc1. The van der Waals surface area contributed by atoms with Gasteiger partial charge in [0.2, 0.25) is 0 Å². The molecule has 3 aromatic carbocycles. The van der Waals surface area contributed by atoms with Gasteiger partial charge in [0.15, 0.2) is 5.82 Å². The second-order valence-corrected chi connectivity index (χ2v) is 6.32. The number of hydrogen-bond donors (Lipinski definition) is 1. The van der Waals surface area contributed by atoms with Crippen LogP contribution in [0.3, 0.4) is 0 Å². The molecule has 0 saturated heterocycles. The van der Waals surface area contributed by atoms with E-state index in [1.165, 1.54) is 5.56 Å². The molecule has 3 nitrogen and oxygen atoms in total. The molecule has 26 heavy (non-hydrogen) atoms. The van der Waals surface area contributed by atoms with Gasteiger partial charge in [-0.05, 0) is 47.5 Å². The summed E-state index contributed by atoms with van der Waals surface area (Å²) in [6, 6.07) is 30.0. The summed E-state index contributed by atoms with van der Waals surface area (Å²) >= 11 is 5.93. The molecule has 0 aliphatic carbocycles. The molecule has 0 aliphatic rings. The topological polar surface area (TPSA) is 37.8 Å². The van der Waals surface area contributed by atoms with Crippen molar-refractivity contribution in [1.29, 1.82) is 0 Å². The predicted molar refractivity (Wildman–Crippen MR) is 108 cm³/mol. The van der Waals surface area contributed by atoms with Crippen molar-refractivity contribution >= 4 is 23.1 Å². The smallest absolute Gasteiger partial charge is 0.153 e. The standard InChI is InChI=1S/C22H16ClN3/c23-19-11-9-17(10-12-19)21-13-14-22(26-25-21)24-20-8-4-7-18(15-20)16-5-2-1-3-6-16/h1-15H,(H,24,26). The molecule has 0 amide bonds. The third kappa shape index (κ3) is 3.73. The minimum Gasteiger partial charge on any atom is -0.339 e. The van der Waals surface area contributed by atoms with Crippen molar-refractivity contribution < 1.29 is 0 Å². The molecule has 1 aromatic heterocycles. The fraction of sp³-hybridized carbons (Fsp3) is 0. The fourth-order valence-electron chi connectivity index (χ4n) is 2.73. The molecule has 0 unspecified atom stereocenters. The second kappa shape index (κ2) is 7.38. The van der Waals surface area contributed by atoms with Gasteiger partial charge >= 0.3 is 0 Å². The van der Waals surface area contributed by atoms with E-state index in [1.807, 2.05) is 66.7 Å². The van der Waals surface area contributed by atoms with Crippen molar-refractivity contribution in [2.75, 3.05) is 5.32 Å². The second-order valence-electron chi connectivity index (χ2n) is 5.88. The Labute approximate surface area is 157 Å². The zero-order chi connectivity index (χ0) is 17.8. The summed E-state index contributed by atoms with van der Waals surface area (Å²) in [6.45, 7) is 0. The lowest BCUT2D eigenvalue weighted by molar-refractivity contribution is 1.04. The van der Waals surface area contributed by atoms with Crippen LogP contribution in [0.4, 0.5) is 11.5 Å². The summed E-state index contributed by atoms with van der Waals surface area (Å²) < 4.78 is 0. The summed E-state index contributed by atoms with van der Waals surface area (Å²) in [5.41, 5.74) is 5.10. The van der Waals surface area contributed by atoms with Crippen molar-refractivity contribution in [2.24, 2.45) is 0 Å². The first-order chi connectivity index (χ1) is 12.8. The maximum atomic E-state index is 5.93. The Morgan fingerprint density at radius 3 is 2.12 bits per heavy atom. The molecule has 0 saturated carbocycles. The maximum absolute atomic E-state index is 5.93. The number of benzene rings is 3. The Hall–Kier alpha value is -3.17. The third-order valence-electron chi connectivity index (χ3n) is 4.05. The average Bonchev–Trinajstić information content (AvgIpc) is 2.70. The summed E-state index contributed by atoms with van der Waals surface area (Å²) in [4.78, 5) is 0. The summed E-state index contributed by atoms with van der Waals surface area (Å²) in [7, 11) is 0. The van der Waals surface area contributed by atoms with E-state index >= 15 is 0 Å². The highest BCUT2D eigenvalue weighted by atomic mass is 35.5. The van der Waals surface area contributed by atoms with Gasteiger partial charge in [-0.15, -0.1) is 10.2 Å². The monoisotopic (exact) mass is 357 g/mol. The first-order valence-electron chi connectivity index (χ1n) is 8.30. The Morgan fingerprint density at radius 2 is 1.38 bits per heavy atom. The van der Waals surface area contributed by atoms with Crippen LogP contribution in [0.25, 0.3) is 22.4 Å². The van der Waals surface area contributed by atoms with Gasteiger partial charge in [0.05, 0.1) is 5.69 Å². The highest BCUT2D eigenvalue weighted by Crippen LogP contribution is 2.25. The van der Waals surface area contributed by atoms with Crippen molar-refractivity contribution in [1.82, 2.24) is 10.2 Å². The maximum Gasteiger partial charge on any atom is 0.153 e. The normalized spacial score (nSPS) is 10.5. The van der Waals surface area contributed by atoms with Crippen molar-refractivity contribution in [2.45, 2.75) is 0 Å². The molecule has 4 aromatic rings. The van der Waals surface area contributed by atoms with E-state index in [-0.39, 0.29) is 0 Å². The van der Waals surface area contributed by atoms with Gasteiger partial charge in [0.25, 0.3) is 0 Å². The van der Waals surface area contributed by atoms with Crippen LogP contribution >= 0.6 is 11.6 Å². The molecular formula is C22H16ClN3. The van der Waals surface area contributed by atoms with Gasteiger partial charge in [0, 0.05) is 16.3 Å². The molecule has 0 aliphatic heterocycles. The number of nitrogens with zero attached hydrogens (tertiary/aromatic N) is 2. The Morgan fingerprint density at radius 1 is 0.615 bits per heavy atom. The van der Waals surface area contributed by atoms with Gasteiger partial charge in [-0.3, -0.25) is 0 Å². The van der Waals surface area contributed by atoms with Crippen LogP contribution in [0.15, 0.2) is 91.0 Å². The number of anilines is 2. The Balaban J connectivity index is 1.53. The van der Waals surface area contributed by atoms with E-state index in [4.69, 9.17) is 11.6 Å². The zero-order valence-corrected chi connectivity index (χ0v) is 14.7. The number of hydrogen-bond acceptors (Lipinski definition) is 3. The zero-order valence-electron chi connectivity index (χ0n) is 13.9. The predicted octanol–water partition coefficient (Wildman–Crippen LogP) is 6.21. The molecule has 126 valence electrons. The van der Waals surface area contributed by atoms with Crippen LogP contribution in [0.5, 0.6) is 0 Å². The molecule has 1 N–H and O–H groups in total. The number of rotatable bonds is 4. The molecule has 0 fully saturated rings. The van der Waals surface area contributed by atoms with Crippen LogP contribution in [0, 0.1) is 0 Å². The van der Waals surface area contributed by atoms with Crippen LogP contribution in [0.2, 0.25) is 5.02 Å². The van der Waals surface area contributed by atoms with E-state index in [0.717, 1.165) is 22.5 Å². The van der Waals surface area contributed by atoms with Gasteiger partial charge in [-0.2, -0.15) is 0 Å². The lowest BCUT2D eigenvalue weighted by Gasteiger charge is -2.08. The largest absolute Gasteiger partial charge is 0.339 e. The van der Waals surface area contributed by atoms with Crippen molar-refractivity contribution in [3.05, 3.63) is 96.0 Å². The van der Waals surface area contributed by atoms with Crippen molar-refractivity contribution in [3.63, 3.8) is 0 Å². The van der Waals surface area contributed by atoms with Gasteiger partial charge in [-0.25, -0.2) is 0 Å². The average molecular weight is 358 g/mol. The molecule has 0 bridgehead atoms. The first kappa shape index (κ1) is 16.3. The Kier molecular flexibility index (Phi) is 4.63. The van der Waals surface area contributed by atoms with Crippen LogP contribution in [-0.2, 0) is 0 Å². The lowest BCUT2D eigenvalue weighted by Crippen LogP contribution is -1.96. The van der Waals surface area contributed by atoms with Gasteiger partial charge in [-0.1, -0.05) is 66.2 Å². The first-order valence-corrected chi connectivity index (χ1v) is 8.68. The molecule has 0 spiro atoms. The number of aromatic nitrogens is 2. The van der Waals surface area contributed by atoms with E-state index in [9.17, 15) is 0 Å². The van der Waals surface area contributed by atoms with E-state index in [0.29, 0.717) is 10.8 Å². The molecular weight excluding hydrogens is 342 g/mol. The van der Waals surface area contributed by atoms with Gasteiger partial charge < -0.3 is 5.32 Å². The number of halogens is 1. The quantitative estimate of drug-likeness (QED) is 0.472. The van der Waals surface area contributed by atoms with Crippen LogP contribution in [0.1, 0.15) is 0 Å². The molecule has 0 radical (unpaired) electrons. The third-order valence-corrected chi connectivity index (χ3v) is 4.30. The highest BCUT2D eigenvalue weighted by molar-refractivity contribution is 6.30. The number of nitrogens with one attached hydrogen (secondary N) is 1. The van der Waals surface area contributed by atoms with Crippen LogP contribution < -0.4 is 5.32 Å². The minimum atomic E-state index is 0.702. The van der Waals surface area contributed by atoms with E-state index in [2.05, 4.69) is 39.8 Å². The fourth-order valence-corrected chi connectivity index (χ4v) is 2.85. The summed E-state index contributed by atoms with van der Waals surface area (Å²) in [5, 5.41) is 12.6. The summed E-state index contributed by atoms with van der Waals surface area (Å²) in [6.07, 6.45) is 0. The molecule has 4 rings (SSSR count). The highest BCUT2D eigenvalue weighted by Gasteiger charge is 2.03. The van der Waals surface area contributed by atoms with E-state index in [1.54, 1.807) is 0 Å². The lowest BCUT2D eigenvalue weighted by atomic mass is 10.1. The molecule has 1 heterocycles. The van der Waals surface area contributed by atoms with Crippen LogP contribution in [-0.4, -0.2) is 10.2 Å².